The summed E-state index contributed by atoms with van der Waals surface area (Å²) in [5, 5.41) is 7.68. The van der Waals surface area contributed by atoms with Gasteiger partial charge in [0.1, 0.15) is 24.5 Å². The third-order valence-electron chi connectivity index (χ3n) is 6.40. The molecule has 8 nitrogen and oxygen atoms in total. The van der Waals surface area contributed by atoms with Crippen molar-refractivity contribution in [3.8, 4) is 16.9 Å². The Hall–Kier alpha value is -4.79. The predicted octanol–water partition coefficient (Wildman–Crippen LogP) is 7.03. The Labute approximate surface area is 250 Å². The number of ether oxygens (including phenoxy) is 1. The first-order chi connectivity index (χ1) is 20.4. The van der Waals surface area contributed by atoms with Gasteiger partial charge in [-0.3, -0.25) is 9.78 Å². The predicted molar refractivity (Wildman–Crippen MR) is 169 cm³/mol. The first-order valence-electron chi connectivity index (χ1n) is 13.4. The molecule has 9 heteroatoms. The third-order valence-corrected chi connectivity index (χ3v) is 6.70. The van der Waals surface area contributed by atoms with E-state index in [0.29, 0.717) is 35.4 Å². The average molecular weight is 579 g/mol. The van der Waals surface area contributed by atoms with Gasteiger partial charge in [0.2, 0.25) is 5.91 Å². The number of fused-ring (bicyclic) bond motifs is 1. The molecule has 0 radical (unpaired) electrons. The Morgan fingerprint density at radius 3 is 2.64 bits per heavy atom. The molecule has 5 aromatic rings. The van der Waals surface area contributed by atoms with Gasteiger partial charge in [0.15, 0.2) is 0 Å². The van der Waals surface area contributed by atoms with Gasteiger partial charge in [-0.15, -0.1) is 0 Å². The molecular formula is C33H31ClN6O2. The second-order valence-corrected chi connectivity index (χ2v) is 10.4. The van der Waals surface area contributed by atoms with Gasteiger partial charge in [-0.1, -0.05) is 53.6 Å². The van der Waals surface area contributed by atoms with Crippen molar-refractivity contribution in [1.29, 1.82) is 0 Å². The normalized spacial score (nSPS) is 11.3. The zero-order valence-electron chi connectivity index (χ0n) is 23.6. The zero-order valence-corrected chi connectivity index (χ0v) is 24.4. The minimum Gasteiger partial charge on any atom is -0.486 e. The average Bonchev–Trinajstić information content (AvgIpc) is 2.97. The van der Waals surface area contributed by atoms with Crippen molar-refractivity contribution in [1.82, 2.24) is 19.9 Å². The van der Waals surface area contributed by atoms with Crippen LogP contribution in [0.2, 0.25) is 5.02 Å². The number of nitrogens with zero attached hydrogens (tertiary/aromatic N) is 4. The molecule has 0 atom stereocenters. The number of rotatable bonds is 10. The van der Waals surface area contributed by atoms with E-state index in [0.717, 1.165) is 39.0 Å². The van der Waals surface area contributed by atoms with Crippen LogP contribution in [0, 0.1) is 6.92 Å². The molecule has 5 rings (SSSR count). The highest BCUT2D eigenvalue weighted by atomic mass is 35.5. The van der Waals surface area contributed by atoms with Crippen LogP contribution < -0.4 is 15.4 Å². The Bertz CT molecular complexity index is 1740. The lowest BCUT2D eigenvalue weighted by molar-refractivity contribution is -0.111. The van der Waals surface area contributed by atoms with Crippen molar-refractivity contribution >= 4 is 45.6 Å². The number of pyridine rings is 1. The van der Waals surface area contributed by atoms with E-state index in [1.165, 1.54) is 6.33 Å². The lowest BCUT2D eigenvalue weighted by Gasteiger charge is -2.17. The number of aryl methyl sites for hydroxylation is 1. The largest absolute Gasteiger partial charge is 0.486 e. The molecule has 0 spiro atoms. The molecule has 0 bridgehead atoms. The van der Waals surface area contributed by atoms with Crippen molar-refractivity contribution < 1.29 is 9.53 Å². The molecule has 0 aliphatic heterocycles. The first kappa shape index (κ1) is 28.7. The number of benzene rings is 3. The molecule has 0 saturated heterocycles. The van der Waals surface area contributed by atoms with Gasteiger partial charge in [-0.05, 0) is 69.0 Å². The van der Waals surface area contributed by atoms with E-state index in [4.69, 9.17) is 16.3 Å². The standard InChI is InChI=1S/C33H31ClN6O2/c1-22-8-6-9-23(18-22)31-28(39-30(41)11-7-17-40(2)3)14-13-27-32(31)33(37-21-36-27)38-24-12-15-29(26(34)19-24)42-20-25-10-4-5-16-35-25/h4-16,18-19,21H,17,20H2,1-3H3,(H,39,41)(H,36,37,38)/b11-7+. The minimum atomic E-state index is -0.218. The van der Waals surface area contributed by atoms with E-state index < -0.39 is 0 Å². The number of likely N-dealkylation sites (N-methyl/N-ethyl adjacent to an activating group) is 1. The molecule has 2 aromatic heterocycles. The molecule has 2 N–H and O–H groups in total. The van der Waals surface area contributed by atoms with Crippen LogP contribution in [0.15, 0.2) is 97.5 Å². The van der Waals surface area contributed by atoms with E-state index >= 15 is 0 Å². The molecule has 0 fully saturated rings. The molecule has 0 aliphatic rings. The Balaban J connectivity index is 1.50. The number of hydrogen-bond acceptors (Lipinski definition) is 7. The molecule has 1 amide bonds. The number of carbonyl (C=O) groups excluding carboxylic acids is 1. The zero-order chi connectivity index (χ0) is 29.5. The van der Waals surface area contributed by atoms with Gasteiger partial charge in [0, 0.05) is 35.8 Å². The van der Waals surface area contributed by atoms with Crippen LogP contribution >= 0.6 is 11.6 Å². The molecule has 2 heterocycles. The summed E-state index contributed by atoms with van der Waals surface area (Å²) in [5.41, 5.74) is 5.75. The topological polar surface area (TPSA) is 92.3 Å². The van der Waals surface area contributed by atoms with E-state index in [-0.39, 0.29) is 5.91 Å². The summed E-state index contributed by atoms with van der Waals surface area (Å²) in [7, 11) is 3.90. The Kier molecular flexibility index (Phi) is 9.06. The Morgan fingerprint density at radius 2 is 1.88 bits per heavy atom. The van der Waals surface area contributed by atoms with E-state index in [2.05, 4.69) is 31.7 Å². The van der Waals surface area contributed by atoms with Gasteiger partial charge >= 0.3 is 0 Å². The second kappa shape index (κ2) is 13.2. The lowest BCUT2D eigenvalue weighted by Crippen LogP contribution is -2.13. The smallest absolute Gasteiger partial charge is 0.248 e. The van der Waals surface area contributed by atoms with Crippen molar-refractivity contribution in [2.45, 2.75) is 13.5 Å². The molecular weight excluding hydrogens is 548 g/mol. The van der Waals surface area contributed by atoms with E-state index in [9.17, 15) is 4.79 Å². The number of amides is 1. The summed E-state index contributed by atoms with van der Waals surface area (Å²) >= 11 is 6.59. The summed E-state index contributed by atoms with van der Waals surface area (Å²) in [4.78, 5) is 28.3. The van der Waals surface area contributed by atoms with Crippen molar-refractivity contribution in [3.05, 3.63) is 114 Å². The minimum absolute atomic E-state index is 0.218. The summed E-state index contributed by atoms with van der Waals surface area (Å²) in [6.45, 7) is 3.00. The van der Waals surface area contributed by atoms with Crippen molar-refractivity contribution in [3.63, 3.8) is 0 Å². The highest BCUT2D eigenvalue weighted by Gasteiger charge is 2.17. The fourth-order valence-corrected chi connectivity index (χ4v) is 4.70. The summed E-state index contributed by atoms with van der Waals surface area (Å²) < 4.78 is 5.88. The van der Waals surface area contributed by atoms with E-state index in [1.807, 2.05) is 92.7 Å². The molecule has 42 heavy (non-hydrogen) atoms. The summed E-state index contributed by atoms with van der Waals surface area (Å²) in [6.07, 6.45) is 6.61. The maximum atomic E-state index is 12.9. The van der Waals surface area contributed by atoms with Crippen LogP contribution in [0.4, 0.5) is 17.2 Å². The molecule has 0 aliphatic carbocycles. The van der Waals surface area contributed by atoms with Crippen LogP contribution in [0.5, 0.6) is 5.75 Å². The van der Waals surface area contributed by atoms with Crippen LogP contribution in [0.3, 0.4) is 0 Å². The number of hydrogen-bond donors (Lipinski definition) is 2. The first-order valence-corrected chi connectivity index (χ1v) is 13.8. The quantitative estimate of drug-likeness (QED) is 0.172. The molecule has 3 aromatic carbocycles. The van der Waals surface area contributed by atoms with Gasteiger partial charge < -0.3 is 20.3 Å². The summed E-state index contributed by atoms with van der Waals surface area (Å²) in [5.74, 6) is 0.909. The van der Waals surface area contributed by atoms with Crippen molar-refractivity contribution in [2.24, 2.45) is 0 Å². The van der Waals surface area contributed by atoms with Crippen LogP contribution in [0.1, 0.15) is 11.3 Å². The molecule has 0 saturated carbocycles. The maximum absolute atomic E-state index is 12.9. The van der Waals surface area contributed by atoms with Crippen LogP contribution in [-0.2, 0) is 11.4 Å². The Morgan fingerprint density at radius 1 is 1.00 bits per heavy atom. The second-order valence-electron chi connectivity index (χ2n) is 10.0. The van der Waals surface area contributed by atoms with Gasteiger partial charge in [-0.2, -0.15) is 0 Å². The maximum Gasteiger partial charge on any atom is 0.248 e. The number of aromatic nitrogens is 3. The monoisotopic (exact) mass is 578 g/mol. The lowest BCUT2D eigenvalue weighted by atomic mass is 9.97. The fraction of sp³-hybridized carbons (Fsp3) is 0.152. The number of carbonyl (C=O) groups is 1. The highest BCUT2D eigenvalue weighted by Crippen LogP contribution is 2.40. The number of halogens is 1. The fourth-order valence-electron chi connectivity index (χ4n) is 4.46. The van der Waals surface area contributed by atoms with Gasteiger partial charge in [-0.25, -0.2) is 9.97 Å². The number of anilines is 3. The van der Waals surface area contributed by atoms with E-state index in [1.54, 1.807) is 18.3 Å². The SMILES string of the molecule is Cc1cccc(-c2c(NC(=O)/C=C/CN(C)C)ccc3ncnc(Nc4ccc(OCc5ccccn5)c(Cl)c4)c23)c1. The van der Waals surface area contributed by atoms with Gasteiger partial charge in [0.25, 0.3) is 0 Å². The van der Waals surface area contributed by atoms with Gasteiger partial charge in [0.05, 0.1) is 21.6 Å². The number of nitrogens with one attached hydrogen (secondary N) is 2. The third kappa shape index (κ3) is 7.09. The molecule has 212 valence electrons. The molecule has 0 unspecified atom stereocenters. The van der Waals surface area contributed by atoms with Crippen molar-refractivity contribution in [2.75, 3.05) is 31.3 Å². The van der Waals surface area contributed by atoms with Crippen LogP contribution in [-0.4, -0.2) is 46.4 Å². The van der Waals surface area contributed by atoms with Crippen LogP contribution in [0.25, 0.3) is 22.0 Å². The highest BCUT2D eigenvalue weighted by molar-refractivity contribution is 6.32. The summed E-state index contributed by atoms with van der Waals surface area (Å²) in [6, 6.07) is 23.0.